The van der Waals surface area contributed by atoms with E-state index in [1.807, 2.05) is 65.3 Å². The number of nitrogens with one attached hydrogen (secondary N) is 1. The lowest BCUT2D eigenvalue weighted by Gasteiger charge is -2.07. The van der Waals surface area contributed by atoms with Crippen LogP contribution in [0.2, 0.25) is 0 Å². The Balaban J connectivity index is 1.90. The maximum Gasteiger partial charge on any atom is 0.243 e. The molecule has 3 aromatic rings. The van der Waals surface area contributed by atoms with E-state index >= 15 is 0 Å². The van der Waals surface area contributed by atoms with Crippen molar-refractivity contribution in [3.8, 4) is 22.5 Å². The van der Waals surface area contributed by atoms with Gasteiger partial charge in [-0.05, 0) is 18.1 Å². The molecule has 0 aliphatic heterocycles. The minimum Gasteiger partial charge on any atom is -0.289 e. The Morgan fingerprint density at radius 2 is 1.62 bits per heavy atom. The van der Waals surface area contributed by atoms with Crippen LogP contribution in [0.4, 0.5) is 0 Å². The first-order valence-corrected chi connectivity index (χ1v) is 7.89. The third-order valence-corrected chi connectivity index (χ3v) is 3.82. The predicted molar refractivity (Wildman–Crippen MR) is 92.3 cm³/mol. The van der Waals surface area contributed by atoms with E-state index in [1.165, 1.54) is 0 Å². The van der Waals surface area contributed by atoms with E-state index in [-0.39, 0.29) is 12.3 Å². The van der Waals surface area contributed by atoms with Crippen LogP contribution in [0, 0.1) is 0 Å². The largest absolute Gasteiger partial charge is 0.289 e. The monoisotopic (exact) mass is 321 g/mol. The Labute approximate surface area is 140 Å². The van der Waals surface area contributed by atoms with Gasteiger partial charge in [-0.25, -0.2) is 5.48 Å². The molecule has 5 heteroatoms. The zero-order chi connectivity index (χ0) is 16.8. The number of carbonyl (C=O) groups is 1. The van der Waals surface area contributed by atoms with Crippen LogP contribution >= 0.6 is 0 Å². The summed E-state index contributed by atoms with van der Waals surface area (Å²) in [5.41, 5.74) is 5.72. The molecular weight excluding hydrogens is 302 g/mol. The minimum absolute atomic E-state index is 0.255. The van der Waals surface area contributed by atoms with Crippen molar-refractivity contribution in [1.82, 2.24) is 15.3 Å². The fraction of sp³-hybridized carbons (Fsp3) is 0.158. The van der Waals surface area contributed by atoms with E-state index in [0.29, 0.717) is 13.0 Å². The third kappa shape index (κ3) is 3.70. The number of benzene rings is 2. The average Bonchev–Trinajstić information content (AvgIpc) is 3.07. The predicted octanol–water partition coefficient (Wildman–Crippen LogP) is 3.50. The molecule has 1 heterocycles. The molecule has 2 N–H and O–H groups in total. The summed E-state index contributed by atoms with van der Waals surface area (Å²) in [7, 11) is 0. The van der Waals surface area contributed by atoms with Gasteiger partial charge in [0.2, 0.25) is 5.91 Å². The summed E-state index contributed by atoms with van der Waals surface area (Å²) in [5.74, 6) is -0.383. The lowest BCUT2D eigenvalue weighted by molar-refractivity contribution is -0.129. The molecule has 0 aliphatic carbocycles. The van der Waals surface area contributed by atoms with E-state index in [4.69, 9.17) is 10.3 Å². The van der Waals surface area contributed by atoms with Gasteiger partial charge in [-0.2, -0.15) is 5.10 Å². The number of hydrogen-bond donors (Lipinski definition) is 2. The van der Waals surface area contributed by atoms with Crippen molar-refractivity contribution in [3.05, 3.63) is 66.7 Å². The molecule has 2 aromatic carbocycles. The summed E-state index contributed by atoms with van der Waals surface area (Å²) < 4.78 is 1.92. The molecular formula is C19H19N3O2. The number of aryl methyl sites for hydroxylation is 1. The van der Waals surface area contributed by atoms with Crippen LogP contribution in [0.25, 0.3) is 22.5 Å². The number of rotatable bonds is 6. The lowest BCUT2D eigenvalue weighted by Crippen LogP contribution is -2.18. The summed E-state index contributed by atoms with van der Waals surface area (Å²) in [6.45, 7) is 0.602. The fourth-order valence-electron chi connectivity index (χ4n) is 2.62. The number of aromatic nitrogens is 2. The molecule has 0 bridgehead atoms. The number of nitrogens with zero attached hydrogens (tertiary/aromatic N) is 2. The van der Waals surface area contributed by atoms with Crippen LogP contribution < -0.4 is 5.48 Å². The van der Waals surface area contributed by atoms with Crippen LogP contribution in [0.15, 0.2) is 66.7 Å². The van der Waals surface area contributed by atoms with Crippen molar-refractivity contribution in [2.24, 2.45) is 0 Å². The molecule has 0 unspecified atom stereocenters. The zero-order valence-electron chi connectivity index (χ0n) is 13.2. The van der Waals surface area contributed by atoms with Gasteiger partial charge in [0, 0.05) is 18.5 Å². The molecule has 1 aromatic heterocycles. The highest BCUT2D eigenvalue weighted by atomic mass is 16.5. The second-order valence-electron chi connectivity index (χ2n) is 5.51. The molecule has 0 saturated carbocycles. The number of hydroxylamine groups is 1. The number of carbonyl (C=O) groups excluding carboxylic acids is 1. The Morgan fingerprint density at radius 1 is 1.00 bits per heavy atom. The normalized spacial score (nSPS) is 10.5. The van der Waals surface area contributed by atoms with Crippen molar-refractivity contribution < 1.29 is 10.0 Å². The van der Waals surface area contributed by atoms with Crippen LogP contribution in [0.5, 0.6) is 0 Å². The van der Waals surface area contributed by atoms with Crippen LogP contribution in [0.1, 0.15) is 12.8 Å². The lowest BCUT2D eigenvalue weighted by atomic mass is 10.1. The molecule has 0 atom stereocenters. The highest BCUT2D eigenvalue weighted by Crippen LogP contribution is 2.26. The Bertz CT molecular complexity index is 798. The van der Waals surface area contributed by atoms with Crippen LogP contribution in [-0.2, 0) is 11.3 Å². The molecule has 0 spiro atoms. The molecule has 122 valence electrons. The summed E-state index contributed by atoms with van der Waals surface area (Å²) in [6.07, 6.45) is 0.855. The molecule has 3 rings (SSSR count). The number of amides is 1. The van der Waals surface area contributed by atoms with Crippen molar-refractivity contribution in [2.75, 3.05) is 0 Å². The highest BCUT2D eigenvalue weighted by molar-refractivity contribution is 5.74. The molecule has 1 amide bonds. The maximum absolute atomic E-state index is 11.2. The van der Waals surface area contributed by atoms with E-state index in [1.54, 1.807) is 5.48 Å². The summed E-state index contributed by atoms with van der Waals surface area (Å²) in [4.78, 5) is 11.2. The van der Waals surface area contributed by atoms with Gasteiger partial charge in [-0.3, -0.25) is 14.7 Å². The van der Waals surface area contributed by atoms with E-state index < -0.39 is 0 Å². The van der Waals surface area contributed by atoms with Gasteiger partial charge in [0.25, 0.3) is 0 Å². The van der Waals surface area contributed by atoms with Crippen molar-refractivity contribution in [2.45, 2.75) is 19.4 Å². The first-order valence-electron chi connectivity index (χ1n) is 7.89. The first kappa shape index (κ1) is 16.0. The second-order valence-corrected chi connectivity index (χ2v) is 5.51. The van der Waals surface area contributed by atoms with Gasteiger partial charge in [0.05, 0.1) is 11.4 Å². The van der Waals surface area contributed by atoms with Gasteiger partial charge in [0.15, 0.2) is 0 Å². The van der Waals surface area contributed by atoms with E-state index in [9.17, 15) is 4.79 Å². The summed E-state index contributed by atoms with van der Waals surface area (Å²) in [5, 5.41) is 13.3. The van der Waals surface area contributed by atoms with Gasteiger partial charge in [0.1, 0.15) is 0 Å². The molecule has 24 heavy (non-hydrogen) atoms. The Morgan fingerprint density at radius 3 is 2.25 bits per heavy atom. The average molecular weight is 321 g/mol. The van der Waals surface area contributed by atoms with E-state index in [0.717, 1.165) is 22.5 Å². The molecule has 0 aliphatic rings. The zero-order valence-corrected chi connectivity index (χ0v) is 13.2. The minimum atomic E-state index is -0.383. The second kappa shape index (κ2) is 7.57. The van der Waals surface area contributed by atoms with Crippen LogP contribution in [0.3, 0.4) is 0 Å². The Hall–Kier alpha value is -2.92. The van der Waals surface area contributed by atoms with Gasteiger partial charge in [-0.15, -0.1) is 0 Å². The quantitative estimate of drug-likeness (QED) is 0.539. The fourth-order valence-corrected chi connectivity index (χ4v) is 2.62. The number of hydrogen-bond acceptors (Lipinski definition) is 3. The Kier molecular flexibility index (Phi) is 5.03. The van der Waals surface area contributed by atoms with Crippen molar-refractivity contribution in [3.63, 3.8) is 0 Å². The maximum atomic E-state index is 11.2. The summed E-state index contributed by atoms with van der Waals surface area (Å²) in [6, 6.07) is 22.1. The van der Waals surface area contributed by atoms with Gasteiger partial charge >= 0.3 is 0 Å². The first-order chi connectivity index (χ1) is 11.8. The third-order valence-electron chi connectivity index (χ3n) is 3.82. The molecule has 5 nitrogen and oxygen atoms in total. The topological polar surface area (TPSA) is 67.2 Å². The smallest absolute Gasteiger partial charge is 0.243 e. The molecule has 0 radical (unpaired) electrons. The molecule has 0 fully saturated rings. The highest BCUT2D eigenvalue weighted by Gasteiger charge is 2.11. The van der Waals surface area contributed by atoms with E-state index in [2.05, 4.69) is 6.07 Å². The molecule has 0 saturated heterocycles. The van der Waals surface area contributed by atoms with Gasteiger partial charge < -0.3 is 0 Å². The van der Waals surface area contributed by atoms with Gasteiger partial charge in [-0.1, -0.05) is 60.7 Å². The van der Waals surface area contributed by atoms with Crippen molar-refractivity contribution >= 4 is 5.91 Å². The van der Waals surface area contributed by atoms with Crippen molar-refractivity contribution in [1.29, 1.82) is 0 Å². The summed E-state index contributed by atoms with van der Waals surface area (Å²) >= 11 is 0. The SMILES string of the molecule is O=C(CCCn1nc(-c2ccccc2)cc1-c1ccccc1)NO. The van der Waals surface area contributed by atoms with Crippen LogP contribution in [-0.4, -0.2) is 20.9 Å². The standard InChI is InChI=1S/C19H19N3O2/c23-19(21-24)12-7-13-22-18(16-10-5-2-6-11-16)14-17(20-22)15-8-3-1-4-9-15/h1-6,8-11,14,24H,7,12-13H2,(H,21,23).